The summed E-state index contributed by atoms with van der Waals surface area (Å²) in [6.45, 7) is 1.62. The van der Waals surface area contributed by atoms with Crippen molar-refractivity contribution in [3.05, 3.63) is 33.9 Å². The summed E-state index contributed by atoms with van der Waals surface area (Å²) < 4.78 is 0. The van der Waals surface area contributed by atoms with E-state index in [9.17, 15) is 10.1 Å². The van der Waals surface area contributed by atoms with Crippen LogP contribution in [0.2, 0.25) is 0 Å². The highest BCUT2D eigenvalue weighted by Crippen LogP contribution is 2.21. The Bertz CT molecular complexity index is 337. The molecule has 0 aliphatic carbocycles. The lowest BCUT2D eigenvalue weighted by molar-refractivity contribution is -0.384. The average molecular weight is 184 g/mol. The quantitative estimate of drug-likeness (QED) is 0.537. The van der Waals surface area contributed by atoms with Gasteiger partial charge in [-0.25, -0.2) is 0 Å². The van der Waals surface area contributed by atoms with E-state index in [1.54, 1.807) is 6.92 Å². The maximum atomic E-state index is 10.4. The summed E-state index contributed by atoms with van der Waals surface area (Å²) in [7, 11) is 0. The van der Waals surface area contributed by atoms with Crippen LogP contribution in [0.25, 0.3) is 0 Å². The second-order valence-corrected chi connectivity index (χ2v) is 2.57. The third-order valence-electron chi connectivity index (χ3n) is 1.49. The molecule has 13 heavy (non-hydrogen) atoms. The van der Waals surface area contributed by atoms with Crippen LogP contribution < -0.4 is 5.23 Å². The standard InChI is InChI=1S/C7H8N2O4/c1-5-2-6(8(10)11)4-7(3-5)9(12)13/h2-4,10-11H,1H3. The van der Waals surface area contributed by atoms with Gasteiger partial charge in [-0.3, -0.25) is 20.5 Å². The number of benzene rings is 1. The Morgan fingerprint density at radius 3 is 2.46 bits per heavy atom. The van der Waals surface area contributed by atoms with E-state index in [1.807, 2.05) is 0 Å². The molecule has 1 aromatic rings. The number of rotatable bonds is 2. The SMILES string of the molecule is Cc1cc(N(O)O)cc([N+](=O)[O-])c1. The first kappa shape index (κ1) is 9.43. The summed E-state index contributed by atoms with van der Waals surface area (Å²) in [5, 5.41) is 27.4. The molecule has 0 unspecified atom stereocenters. The van der Waals surface area contributed by atoms with Crippen molar-refractivity contribution in [3.63, 3.8) is 0 Å². The van der Waals surface area contributed by atoms with Crippen molar-refractivity contribution < 1.29 is 15.3 Å². The van der Waals surface area contributed by atoms with Crippen LogP contribution in [-0.4, -0.2) is 15.3 Å². The molecule has 2 N–H and O–H groups in total. The van der Waals surface area contributed by atoms with Crippen molar-refractivity contribution in [2.24, 2.45) is 0 Å². The van der Waals surface area contributed by atoms with Crippen LogP contribution in [0.3, 0.4) is 0 Å². The van der Waals surface area contributed by atoms with Gasteiger partial charge in [0.25, 0.3) is 5.69 Å². The maximum Gasteiger partial charge on any atom is 0.271 e. The summed E-state index contributed by atoms with van der Waals surface area (Å²) >= 11 is 0. The molecular formula is C7H8N2O4. The molecule has 1 rings (SSSR count). The smallest absolute Gasteiger partial charge is 0.264 e. The molecule has 0 saturated heterocycles. The Balaban J connectivity index is 3.19. The molecule has 0 saturated carbocycles. The number of hydrogen-bond acceptors (Lipinski definition) is 5. The molecular weight excluding hydrogens is 176 g/mol. The number of nitro groups is 1. The molecule has 0 aromatic heterocycles. The minimum atomic E-state index is -0.597. The van der Waals surface area contributed by atoms with Gasteiger partial charge < -0.3 is 0 Å². The monoisotopic (exact) mass is 184 g/mol. The molecule has 0 amide bonds. The van der Waals surface area contributed by atoms with E-state index in [-0.39, 0.29) is 16.6 Å². The van der Waals surface area contributed by atoms with Crippen LogP contribution >= 0.6 is 0 Å². The van der Waals surface area contributed by atoms with Crippen molar-refractivity contribution in [2.45, 2.75) is 6.92 Å². The van der Waals surface area contributed by atoms with Gasteiger partial charge >= 0.3 is 0 Å². The van der Waals surface area contributed by atoms with Crippen LogP contribution in [-0.2, 0) is 0 Å². The molecule has 1 aromatic carbocycles. The number of anilines is 1. The van der Waals surface area contributed by atoms with E-state index < -0.39 is 4.92 Å². The van der Waals surface area contributed by atoms with Crippen LogP contribution in [0.4, 0.5) is 11.4 Å². The average Bonchev–Trinajstić information content (AvgIpc) is 2.03. The van der Waals surface area contributed by atoms with Gasteiger partial charge in [-0.2, -0.15) is 0 Å². The van der Waals surface area contributed by atoms with Gasteiger partial charge in [0.1, 0.15) is 5.69 Å². The Labute approximate surface area is 73.7 Å². The van der Waals surface area contributed by atoms with E-state index in [4.69, 9.17) is 10.4 Å². The summed E-state index contributed by atoms with van der Waals surface area (Å²) in [5.41, 5.74) is 0.368. The molecule has 6 heteroatoms. The van der Waals surface area contributed by atoms with E-state index in [2.05, 4.69) is 0 Å². The molecule has 70 valence electrons. The topological polar surface area (TPSA) is 86.8 Å². The summed E-state index contributed by atoms with van der Waals surface area (Å²) in [6, 6.07) is 3.81. The fourth-order valence-electron chi connectivity index (χ4n) is 0.964. The molecule has 0 heterocycles. The van der Waals surface area contributed by atoms with Gasteiger partial charge in [0.05, 0.1) is 4.92 Å². The van der Waals surface area contributed by atoms with Crippen LogP contribution in [0.15, 0.2) is 18.2 Å². The number of aryl methyl sites for hydroxylation is 1. The zero-order valence-electron chi connectivity index (χ0n) is 6.84. The number of nitro benzene ring substituents is 1. The first-order valence-corrected chi connectivity index (χ1v) is 3.44. The van der Waals surface area contributed by atoms with Gasteiger partial charge in [0.2, 0.25) is 0 Å². The highest BCUT2D eigenvalue weighted by Gasteiger charge is 2.10. The first-order chi connectivity index (χ1) is 6.00. The van der Waals surface area contributed by atoms with Crippen molar-refractivity contribution in [1.29, 1.82) is 0 Å². The Hall–Kier alpha value is -1.66. The van der Waals surface area contributed by atoms with Crippen molar-refractivity contribution >= 4 is 11.4 Å². The second-order valence-electron chi connectivity index (χ2n) is 2.57. The lowest BCUT2D eigenvalue weighted by Gasteiger charge is -2.07. The van der Waals surface area contributed by atoms with Crippen molar-refractivity contribution in [2.75, 3.05) is 5.23 Å². The zero-order valence-corrected chi connectivity index (χ0v) is 6.84. The normalized spacial score (nSPS) is 9.77. The summed E-state index contributed by atoms with van der Waals surface area (Å²) in [6.07, 6.45) is 0. The van der Waals surface area contributed by atoms with Gasteiger partial charge in [-0.1, -0.05) is 0 Å². The van der Waals surface area contributed by atoms with E-state index >= 15 is 0 Å². The molecule has 0 bridgehead atoms. The summed E-state index contributed by atoms with van der Waals surface area (Å²) in [4.78, 5) is 9.75. The first-order valence-electron chi connectivity index (χ1n) is 3.44. The Morgan fingerprint density at radius 1 is 1.38 bits per heavy atom. The zero-order chi connectivity index (χ0) is 10.0. The van der Waals surface area contributed by atoms with Crippen molar-refractivity contribution in [3.8, 4) is 0 Å². The van der Waals surface area contributed by atoms with Gasteiger partial charge in [-0.15, -0.1) is 5.23 Å². The van der Waals surface area contributed by atoms with Gasteiger partial charge in [0.15, 0.2) is 0 Å². The lowest BCUT2D eigenvalue weighted by atomic mass is 10.2. The fraction of sp³-hybridized carbons (Fsp3) is 0.143. The third-order valence-corrected chi connectivity index (χ3v) is 1.49. The highest BCUT2D eigenvalue weighted by atomic mass is 16.8. The van der Waals surface area contributed by atoms with Crippen LogP contribution in [0, 0.1) is 17.0 Å². The molecule has 0 spiro atoms. The molecule has 0 radical (unpaired) electrons. The Morgan fingerprint density at radius 2 is 2.00 bits per heavy atom. The molecule has 0 atom stereocenters. The number of non-ortho nitro benzene ring substituents is 1. The minimum absolute atomic E-state index is 0.0355. The van der Waals surface area contributed by atoms with E-state index in [0.29, 0.717) is 5.56 Å². The van der Waals surface area contributed by atoms with E-state index in [0.717, 1.165) is 6.07 Å². The molecule has 0 fully saturated rings. The fourth-order valence-corrected chi connectivity index (χ4v) is 0.964. The predicted molar refractivity (Wildman–Crippen MR) is 43.9 cm³/mol. The third kappa shape index (κ3) is 2.14. The Kier molecular flexibility index (Phi) is 2.45. The molecule has 0 aliphatic rings. The number of hydrogen-bond donors (Lipinski definition) is 2. The van der Waals surface area contributed by atoms with Crippen LogP contribution in [0.5, 0.6) is 0 Å². The number of nitrogens with zero attached hydrogens (tertiary/aromatic N) is 2. The van der Waals surface area contributed by atoms with E-state index in [1.165, 1.54) is 12.1 Å². The highest BCUT2D eigenvalue weighted by molar-refractivity contribution is 5.52. The summed E-state index contributed by atoms with van der Waals surface area (Å²) in [5.74, 6) is 0. The largest absolute Gasteiger partial charge is 0.271 e. The van der Waals surface area contributed by atoms with Gasteiger partial charge in [-0.05, 0) is 18.6 Å². The predicted octanol–water partition coefficient (Wildman–Crippen LogP) is 1.49. The van der Waals surface area contributed by atoms with Gasteiger partial charge in [0, 0.05) is 12.1 Å². The van der Waals surface area contributed by atoms with Crippen molar-refractivity contribution in [1.82, 2.24) is 0 Å². The minimum Gasteiger partial charge on any atom is -0.264 e. The maximum absolute atomic E-state index is 10.4. The second kappa shape index (κ2) is 3.38. The lowest BCUT2D eigenvalue weighted by Crippen LogP contribution is -2.11. The molecule has 0 aliphatic heterocycles. The molecule has 6 nitrogen and oxygen atoms in total. The van der Waals surface area contributed by atoms with Crippen LogP contribution in [0.1, 0.15) is 5.56 Å².